The predicted molar refractivity (Wildman–Crippen MR) is 76.1 cm³/mol. The highest BCUT2D eigenvalue weighted by Gasteiger charge is 2.24. The molecule has 2 rings (SSSR count). The first-order chi connectivity index (χ1) is 8.99. The fourth-order valence-electron chi connectivity index (χ4n) is 1.91. The molecule has 2 N–H and O–H groups in total. The van der Waals surface area contributed by atoms with E-state index in [1.807, 2.05) is 24.3 Å². The highest BCUT2D eigenvalue weighted by Crippen LogP contribution is 2.27. The molecule has 0 bridgehead atoms. The van der Waals surface area contributed by atoms with Gasteiger partial charge in [0.2, 0.25) is 0 Å². The molecule has 0 aliphatic heterocycles. The smallest absolute Gasteiger partial charge is 0.330 e. The van der Waals surface area contributed by atoms with E-state index in [0.29, 0.717) is 11.3 Å². The van der Waals surface area contributed by atoms with Gasteiger partial charge in [-0.05, 0) is 35.0 Å². The molecule has 1 atom stereocenters. The van der Waals surface area contributed by atoms with Crippen molar-refractivity contribution in [2.45, 2.75) is 13.0 Å². The van der Waals surface area contributed by atoms with Crippen LogP contribution in [0, 0.1) is 6.92 Å². The van der Waals surface area contributed by atoms with Gasteiger partial charge >= 0.3 is 5.97 Å². The number of aliphatic carboxylic acids is 1. The normalized spacial score (nSPS) is 12.2. The van der Waals surface area contributed by atoms with E-state index in [2.05, 4.69) is 26.3 Å². The number of rotatable bonds is 4. The van der Waals surface area contributed by atoms with E-state index in [4.69, 9.17) is 0 Å². The minimum atomic E-state index is -0.938. The summed E-state index contributed by atoms with van der Waals surface area (Å²) in [6.45, 7) is 1.80. The Hall–Kier alpha value is -1.82. The molecule has 0 aliphatic carbocycles. The summed E-state index contributed by atoms with van der Waals surface area (Å²) in [4.78, 5) is 11.5. The van der Waals surface area contributed by atoms with Gasteiger partial charge in [0.1, 0.15) is 0 Å². The number of carboxylic acids is 1. The number of para-hydroxylation sites is 1. The Bertz CT molecular complexity index is 610. The average Bonchev–Trinajstić information content (AvgIpc) is 2.67. The molecule has 1 aromatic heterocycles. The number of nitrogens with zero attached hydrogens (tertiary/aromatic N) is 2. The van der Waals surface area contributed by atoms with E-state index in [-0.39, 0.29) is 0 Å². The SMILES string of the molecule is Cc1nn(C)cc1C(Nc1ccccc1Br)C(=O)O. The third-order valence-corrected chi connectivity index (χ3v) is 3.47. The van der Waals surface area contributed by atoms with Crippen LogP contribution < -0.4 is 5.32 Å². The fraction of sp³-hybridized carbons (Fsp3) is 0.231. The van der Waals surface area contributed by atoms with Gasteiger partial charge in [-0.25, -0.2) is 4.79 Å². The van der Waals surface area contributed by atoms with Crippen LogP contribution in [0.1, 0.15) is 17.3 Å². The van der Waals surface area contributed by atoms with Crippen LogP contribution in [0.5, 0.6) is 0 Å². The summed E-state index contributed by atoms with van der Waals surface area (Å²) in [5.74, 6) is -0.938. The Kier molecular flexibility index (Phi) is 3.90. The number of nitrogens with one attached hydrogen (secondary N) is 1. The van der Waals surface area contributed by atoms with Crippen molar-refractivity contribution in [1.29, 1.82) is 0 Å². The summed E-state index contributed by atoms with van der Waals surface area (Å²) >= 11 is 3.39. The lowest BCUT2D eigenvalue weighted by atomic mass is 10.1. The minimum absolute atomic E-state index is 0.658. The first kappa shape index (κ1) is 13.6. The van der Waals surface area contributed by atoms with Gasteiger partial charge in [0, 0.05) is 29.0 Å². The van der Waals surface area contributed by atoms with Gasteiger partial charge in [0.15, 0.2) is 6.04 Å². The number of aromatic nitrogens is 2. The van der Waals surface area contributed by atoms with Crippen LogP contribution >= 0.6 is 15.9 Å². The first-order valence-electron chi connectivity index (χ1n) is 5.73. The topological polar surface area (TPSA) is 67.2 Å². The van der Waals surface area contributed by atoms with Crippen LogP contribution in [-0.4, -0.2) is 20.9 Å². The predicted octanol–water partition coefficient (Wildman–Crippen LogP) is 2.73. The zero-order valence-electron chi connectivity index (χ0n) is 10.6. The minimum Gasteiger partial charge on any atom is -0.479 e. The molecule has 0 radical (unpaired) electrons. The number of aryl methyl sites for hydroxylation is 2. The van der Waals surface area contributed by atoms with Gasteiger partial charge in [0.25, 0.3) is 0 Å². The lowest BCUT2D eigenvalue weighted by Crippen LogP contribution is -2.21. The number of hydrogen-bond acceptors (Lipinski definition) is 3. The second-order valence-electron chi connectivity index (χ2n) is 4.24. The van der Waals surface area contributed by atoms with E-state index in [1.165, 1.54) is 0 Å². The Labute approximate surface area is 119 Å². The third-order valence-electron chi connectivity index (χ3n) is 2.78. The van der Waals surface area contributed by atoms with E-state index in [0.717, 1.165) is 10.2 Å². The number of carboxylic acid groups (broad SMARTS) is 1. The number of anilines is 1. The lowest BCUT2D eigenvalue weighted by molar-refractivity contribution is -0.138. The fourth-order valence-corrected chi connectivity index (χ4v) is 2.31. The standard InChI is InChI=1S/C13H14BrN3O2/c1-8-9(7-17(2)16-8)12(13(18)19)15-11-6-4-3-5-10(11)14/h3-7,12,15H,1-2H3,(H,18,19). The van der Waals surface area contributed by atoms with Crippen LogP contribution in [-0.2, 0) is 11.8 Å². The van der Waals surface area contributed by atoms with Gasteiger partial charge in [-0.2, -0.15) is 5.10 Å². The Morgan fingerprint density at radius 3 is 2.68 bits per heavy atom. The van der Waals surface area contributed by atoms with Crippen molar-refractivity contribution in [2.24, 2.45) is 7.05 Å². The average molecular weight is 324 g/mol. The summed E-state index contributed by atoms with van der Waals surface area (Å²) in [5, 5.41) is 16.6. The summed E-state index contributed by atoms with van der Waals surface area (Å²) in [6, 6.07) is 6.58. The summed E-state index contributed by atoms with van der Waals surface area (Å²) < 4.78 is 2.44. The maximum Gasteiger partial charge on any atom is 0.330 e. The van der Waals surface area contributed by atoms with E-state index in [1.54, 1.807) is 24.9 Å². The van der Waals surface area contributed by atoms with Crippen LogP contribution in [0.2, 0.25) is 0 Å². The molecule has 5 nitrogen and oxygen atoms in total. The molecular weight excluding hydrogens is 310 g/mol. The van der Waals surface area contributed by atoms with Gasteiger partial charge in [-0.1, -0.05) is 12.1 Å². The molecule has 0 aliphatic rings. The molecule has 2 aromatic rings. The molecule has 100 valence electrons. The highest BCUT2D eigenvalue weighted by molar-refractivity contribution is 9.10. The molecule has 0 spiro atoms. The molecule has 6 heteroatoms. The van der Waals surface area contributed by atoms with Crippen LogP contribution in [0.25, 0.3) is 0 Å². The summed E-state index contributed by atoms with van der Waals surface area (Å²) in [6.07, 6.45) is 1.72. The highest BCUT2D eigenvalue weighted by atomic mass is 79.9. The van der Waals surface area contributed by atoms with Crippen molar-refractivity contribution in [1.82, 2.24) is 9.78 Å². The number of halogens is 1. The maximum absolute atomic E-state index is 11.5. The quantitative estimate of drug-likeness (QED) is 0.907. The van der Waals surface area contributed by atoms with Crippen LogP contribution in [0.15, 0.2) is 34.9 Å². The van der Waals surface area contributed by atoms with Gasteiger partial charge in [-0.3, -0.25) is 4.68 Å². The van der Waals surface area contributed by atoms with Crippen molar-refractivity contribution in [3.8, 4) is 0 Å². The Morgan fingerprint density at radius 1 is 1.47 bits per heavy atom. The van der Waals surface area contributed by atoms with E-state index in [9.17, 15) is 9.90 Å². The third kappa shape index (κ3) is 2.96. The molecular formula is C13H14BrN3O2. The van der Waals surface area contributed by atoms with Crippen molar-refractivity contribution in [3.05, 3.63) is 46.2 Å². The second kappa shape index (κ2) is 5.44. The van der Waals surface area contributed by atoms with Crippen molar-refractivity contribution in [3.63, 3.8) is 0 Å². The Balaban J connectivity index is 2.35. The van der Waals surface area contributed by atoms with Crippen molar-refractivity contribution in [2.75, 3.05) is 5.32 Å². The summed E-state index contributed by atoms with van der Waals surface area (Å²) in [5.41, 5.74) is 2.10. The number of benzene rings is 1. The van der Waals surface area contributed by atoms with Gasteiger partial charge < -0.3 is 10.4 Å². The molecule has 19 heavy (non-hydrogen) atoms. The summed E-state index contributed by atoms with van der Waals surface area (Å²) in [7, 11) is 1.77. The van der Waals surface area contributed by atoms with Gasteiger partial charge in [-0.15, -0.1) is 0 Å². The monoisotopic (exact) mass is 323 g/mol. The number of hydrogen-bond donors (Lipinski definition) is 2. The Morgan fingerprint density at radius 2 is 2.16 bits per heavy atom. The van der Waals surface area contributed by atoms with Crippen molar-refractivity contribution >= 4 is 27.6 Å². The molecule has 1 unspecified atom stereocenters. The number of carbonyl (C=O) groups is 1. The van der Waals surface area contributed by atoms with E-state index < -0.39 is 12.0 Å². The molecule has 1 aromatic carbocycles. The lowest BCUT2D eigenvalue weighted by Gasteiger charge is -2.16. The molecule has 0 amide bonds. The molecule has 0 saturated heterocycles. The zero-order chi connectivity index (χ0) is 14.0. The largest absolute Gasteiger partial charge is 0.479 e. The zero-order valence-corrected chi connectivity index (χ0v) is 12.2. The van der Waals surface area contributed by atoms with Crippen molar-refractivity contribution < 1.29 is 9.90 Å². The maximum atomic E-state index is 11.5. The molecule has 0 saturated carbocycles. The van der Waals surface area contributed by atoms with E-state index >= 15 is 0 Å². The first-order valence-corrected chi connectivity index (χ1v) is 6.52. The molecule has 1 heterocycles. The second-order valence-corrected chi connectivity index (χ2v) is 5.09. The van der Waals surface area contributed by atoms with Crippen LogP contribution in [0.3, 0.4) is 0 Å². The van der Waals surface area contributed by atoms with Gasteiger partial charge in [0.05, 0.1) is 5.69 Å². The van der Waals surface area contributed by atoms with Crippen LogP contribution in [0.4, 0.5) is 5.69 Å². The molecule has 0 fully saturated rings.